The lowest BCUT2D eigenvalue weighted by molar-refractivity contribution is 0.475. The van der Waals surface area contributed by atoms with Crippen LogP contribution in [0.4, 0.5) is 0 Å². The number of aromatic nitrogens is 2. The van der Waals surface area contributed by atoms with Gasteiger partial charge >= 0.3 is 0 Å². The van der Waals surface area contributed by atoms with Crippen LogP contribution in [0.1, 0.15) is 11.3 Å². The number of benzene rings is 1. The number of rotatable bonds is 2. The first kappa shape index (κ1) is 10.1. The van der Waals surface area contributed by atoms with Crippen molar-refractivity contribution in [3.05, 3.63) is 41.7 Å². The molecule has 0 atom stereocenters. The highest BCUT2D eigenvalue weighted by Crippen LogP contribution is 2.17. The fourth-order valence-corrected chi connectivity index (χ4v) is 1.69. The van der Waals surface area contributed by atoms with Crippen LogP contribution in [0.5, 0.6) is 5.75 Å². The molecule has 0 aliphatic carbocycles. The van der Waals surface area contributed by atoms with Gasteiger partial charge < -0.3 is 5.11 Å². The highest BCUT2D eigenvalue weighted by molar-refractivity contribution is 6.17. The quantitative estimate of drug-likeness (QED) is 0.794. The van der Waals surface area contributed by atoms with Gasteiger partial charge in [-0.05, 0) is 31.2 Å². The van der Waals surface area contributed by atoms with Crippen LogP contribution in [-0.4, -0.2) is 14.9 Å². The molecule has 78 valence electrons. The normalized spacial score (nSPS) is 10.5. The van der Waals surface area contributed by atoms with E-state index in [-0.39, 0.29) is 5.75 Å². The molecule has 0 saturated carbocycles. The zero-order valence-corrected chi connectivity index (χ0v) is 9.07. The Hall–Kier alpha value is -1.48. The lowest BCUT2D eigenvalue weighted by Crippen LogP contribution is -1.98. The minimum absolute atomic E-state index is 0.251. The number of halogens is 1. The topological polar surface area (TPSA) is 38.0 Å². The molecule has 2 aromatic rings. The summed E-state index contributed by atoms with van der Waals surface area (Å²) < 4.78 is 1.80. The summed E-state index contributed by atoms with van der Waals surface area (Å²) >= 11 is 5.76. The number of hydrogen-bond acceptors (Lipinski definition) is 2. The number of phenols is 1. The number of nitrogens with zero attached hydrogens (tertiary/aromatic N) is 2. The molecule has 2 rings (SSSR count). The maximum atomic E-state index is 9.17. The number of alkyl halides is 1. The minimum Gasteiger partial charge on any atom is -0.508 e. The van der Waals surface area contributed by atoms with E-state index in [1.54, 1.807) is 23.0 Å². The SMILES string of the molecule is Cc1c(CCl)cnn1-c1ccc(O)cc1. The summed E-state index contributed by atoms with van der Waals surface area (Å²) in [6, 6.07) is 6.90. The van der Waals surface area contributed by atoms with Gasteiger partial charge in [0.1, 0.15) is 5.75 Å². The molecule has 0 saturated heterocycles. The maximum Gasteiger partial charge on any atom is 0.115 e. The lowest BCUT2D eigenvalue weighted by Gasteiger charge is -2.04. The second-order valence-electron chi connectivity index (χ2n) is 3.32. The summed E-state index contributed by atoms with van der Waals surface area (Å²) in [6.45, 7) is 1.97. The Kier molecular flexibility index (Phi) is 2.64. The van der Waals surface area contributed by atoms with Gasteiger partial charge in [-0.25, -0.2) is 4.68 Å². The molecule has 0 bridgehead atoms. The maximum absolute atomic E-state index is 9.17. The fourth-order valence-electron chi connectivity index (χ4n) is 1.43. The van der Waals surface area contributed by atoms with E-state index < -0.39 is 0 Å². The summed E-state index contributed by atoms with van der Waals surface area (Å²) in [7, 11) is 0. The molecule has 0 radical (unpaired) electrons. The third-order valence-corrected chi connectivity index (χ3v) is 2.64. The molecule has 0 unspecified atom stereocenters. The van der Waals surface area contributed by atoms with Crippen molar-refractivity contribution in [1.82, 2.24) is 9.78 Å². The van der Waals surface area contributed by atoms with E-state index in [0.29, 0.717) is 5.88 Å². The average molecular weight is 223 g/mol. The van der Waals surface area contributed by atoms with E-state index in [1.165, 1.54) is 0 Å². The second-order valence-corrected chi connectivity index (χ2v) is 3.58. The number of phenolic OH excluding ortho intramolecular Hbond substituents is 1. The summed E-state index contributed by atoms with van der Waals surface area (Å²) in [4.78, 5) is 0. The van der Waals surface area contributed by atoms with Gasteiger partial charge in [0.2, 0.25) is 0 Å². The lowest BCUT2D eigenvalue weighted by atomic mass is 10.2. The van der Waals surface area contributed by atoms with E-state index in [0.717, 1.165) is 16.9 Å². The van der Waals surface area contributed by atoms with Crippen LogP contribution in [0.2, 0.25) is 0 Å². The first-order valence-electron chi connectivity index (χ1n) is 4.61. The van der Waals surface area contributed by atoms with E-state index >= 15 is 0 Å². The van der Waals surface area contributed by atoms with Crippen LogP contribution in [0, 0.1) is 6.92 Å². The predicted molar refractivity (Wildman–Crippen MR) is 59.5 cm³/mol. The van der Waals surface area contributed by atoms with Crippen molar-refractivity contribution in [3.63, 3.8) is 0 Å². The molecular formula is C11H11ClN2O. The molecule has 1 aromatic carbocycles. The van der Waals surface area contributed by atoms with Crippen LogP contribution in [-0.2, 0) is 5.88 Å². The highest BCUT2D eigenvalue weighted by atomic mass is 35.5. The third-order valence-electron chi connectivity index (χ3n) is 2.35. The molecule has 0 spiro atoms. The Morgan fingerprint density at radius 3 is 2.53 bits per heavy atom. The van der Waals surface area contributed by atoms with Gasteiger partial charge in [0.15, 0.2) is 0 Å². The third kappa shape index (κ3) is 1.83. The second kappa shape index (κ2) is 3.95. The molecule has 1 N–H and O–H groups in total. The largest absolute Gasteiger partial charge is 0.508 e. The Labute approximate surface area is 92.9 Å². The Bertz CT molecular complexity index is 462. The van der Waals surface area contributed by atoms with E-state index in [4.69, 9.17) is 11.6 Å². The zero-order valence-electron chi connectivity index (χ0n) is 8.31. The summed E-state index contributed by atoms with van der Waals surface area (Å²) in [5.74, 6) is 0.713. The zero-order chi connectivity index (χ0) is 10.8. The van der Waals surface area contributed by atoms with Gasteiger partial charge in [-0.15, -0.1) is 11.6 Å². The first-order chi connectivity index (χ1) is 7.22. The molecule has 3 nitrogen and oxygen atoms in total. The highest BCUT2D eigenvalue weighted by Gasteiger charge is 2.06. The standard InChI is InChI=1S/C11H11ClN2O/c1-8-9(6-12)7-13-14(8)10-2-4-11(15)5-3-10/h2-5,7,15H,6H2,1H3. The van der Waals surface area contributed by atoms with Crippen LogP contribution in [0.15, 0.2) is 30.5 Å². The summed E-state index contributed by atoms with van der Waals surface area (Å²) in [6.07, 6.45) is 1.76. The molecule has 0 fully saturated rings. The first-order valence-corrected chi connectivity index (χ1v) is 5.14. The molecule has 4 heteroatoms. The minimum atomic E-state index is 0.251. The fraction of sp³-hybridized carbons (Fsp3) is 0.182. The van der Waals surface area contributed by atoms with Crippen molar-refractivity contribution in [2.75, 3.05) is 0 Å². The van der Waals surface area contributed by atoms with Gasteiger partial charge in [-0.2, -0.15) is 5.10 Å². The Balaban J connectivity index is 2.45. The predicted octanol–water partition coefficient (Wildman–Crippen LogP) is 2.63. The van der Waals surface area contributed by atoms with Crippen molar-refractivity contribution in [2.24, 2.45) is 0 Å². The van der Waals surface area contributed by atoms with Crippen molar-refractivity contribution in [1.29, 1.82) is 0 Å². The Morgan fingerprint density at radius 1 is 1.33 bits per heavy atom. The van der Waals surface area contributed by atoms with Gasteiger partial charge in [-0.1, -0.05) is 0 Å². The van der Waals surface area contributed by atoms with Crippen molar-refractivity contribution in [3.8, 4) is 11.4 Å². The molecule has 1 aromatic heterocycles. The number of hydrogen-bond donors (Lipinski definition) is 1. The Morgan fingerprint density at radius 2 is 2.00 bits per heavy atom. The van der Waals surface area contributed by atoms with Crippen LogP contribution < -0.4 is 0 Å². The summed E-state index contributed by atoms with van der Waals surface area (Å²) in [5.41, 5.74) is 2.96. The summed E-state index contributed by atoms with van der Waals surface area (Å²) in [5, 5.41) is 13.4. The smallest absolute Gasteiger partial charge is 0.115 e. The van der Waals surface area contributed by atoms with E-state index in [1.807, 2.05) is 19.1 Å². The van der Waals surface area contributed by atoms with Crippen LogP contribution >= 0.6 is 11.6 Å². The molecule has 0 aliphatic rings. The van der Waals surface area contributed by atoms with Gasteiger partial charge in [-0.3, -0.25) is 0 Å². The van der Waals surface area contributed by atoms with E-state index in [2.05, 4.69) is 5.10 Å². The van der Waals surface area contributed by atoms with Crippen LogP contribution in [0.25, 0.3) is 5.69 Å². The molecule has 0 amide bonds. The van der Waals surface area contributed by atoms with Gasteiger partial charge in [0.25, 0.3) is 0 Å². The monoisotopic (exact) mass is 222 g/mol. The molecule has 0 aliphatic heterocycles. The van der Waals surface area contributed by atoms with Gasteiger partial charge in [0.05, 0.1) is 17.8 Å². The van der Waals surface area contributed by atoms with Crippen molar-refractivity contribution < 1.29 is 5.11 Å². The molecule has 1 heterocycles. The van der Waals surface area contributed by atoms with Gasteiger partial charge in [0, 0.05) is 11.3 Å². The number of aromatic hydroxyl groups is 1. The van der Waals surface area contributed by atoms with Crippen molar-refractivity contribution >= 4 is 11.6 Å². The molecular weight excluding hydrogens is 212 g/mol. The average Bonchev–Trinajstić information content (AvgIpc) is 2.61. The molecule has 15 heavy (non-hydrogen) atoms. The van der Waals surface area contributed by atoms with E-state index in [9.17, 15) is 5.11 Å². The van der Waals surface area contributed by atoms with Crippen LogP contribution in [0.3, 0.4) is 0 Å². The van der Waals surface area contributed by atoms with Crippen molar-refractivity contribution in [2.45, 2.75) is 12.8 Å².